The fourth-order valence-corrected chi connectivity index (χ4v) is 1.93. The third-order valence-corrected chi connectivity index (χ3v) is 3.16. The monoisotopic (exact) mass is 274 g/mol. The molecule has 0 amide bonds. The lowest BCUT2D eigenvalue weighted by Crippen LogP contribution is -2.21. The van der Waals surface area contributed by atoms with Crippen molar-refractivity contribution in [2.24, 2.45) is 5.73 Å². The van der Waals surface area contributed by atoms with Crippen LogP contribution in [0.4, 0.5) is 4.39 Å². The maximum Gasteiger partial charge on any atom is 0.145 e. The number of benzene rings is 1. The molecule has 1 heterocycles. The van der Waals surface area contributed by atoms with Gasteiger partial charge in [0, 0.05) is 12.2 Å². The molecule has 0 fully saturated rings. The number of ether oxygens (including phenoxy) is 1. The summed E-state index contributed by atoms with van der Waals surface area (Å²) in [5.41, 5.74) is 7.73. The fraction of sp³-hybridized carbons (Fsp3) is 0.312. The molecule has 3 nitrogen and oxygen atoms in total. The molecule has 0 spiro atoms. The molecule has 0 saturated carbocycles. The predicted molar refractivity (Wildman–Crippen MR) is 77.4 cm³/mol. The normalized spacial score (nSPS) is 12.2. The molecule has 20 heavy (non-hydrogen) atoms. The van der Waals surface area contributed by atoms with Gasteiger partial charge in [-0.25, -0.2) is 4.39 Å². The lowest BCUT2D eigenvalue weighted by Gasteiger charge is -2.11. The van der Waals surface area contributed by atoms with Crippen molar-refractivity contribution >= 4 is 0 Å². The van der Waals surface area contributed by atoms with Crippen molar-refractivity contribution in [3.8, 4) is 11.5 Å². The maximum atomic E-state index is 13.1. The van der Waals surface area contributed by atoms with Gasteiger partial charge in [-0.1, -0.05) is 6.92 Å². The number of hydrogen-bond acceptors (Lipinski definition) is 3. The van der Waals surface area contributed by atoms with Crippen LogP contribution in [0.25, 0.3) is 0 Å². The number of nitrogens with two attached hydrogens (primary N) is 1. The van der Waals surface area contributed by atoms with Crippen LogP contribution in [0.5, 0.6) is 11.5 Å². The number of aryl methyl sites for hydroxylation is 1. The molecular formula is C16H19FN2O. The number of halogens is 1. The second-order valence-corrected chi connectivity index (χ2v) is 4.91. The minimum absolute atomic E-state index is 0.125. The molecule has 1 atom stereocenters. The Balaban J connectivity index is 2.15. The Hall–Kier alpha value is -1.94. The molecule has 0 bridgehead atoms. The molecule has 1 unspecified atom stereocenters. The molecule has 0 saturated heterocycles. The molecule has 1 aromatic carbocycles. The summed E-state index contributed by atoms with van der Waals surface area (Å²) in [6.45, 7) is 3.86. The van der Waals surface area contributed by atoms with Crippen LogP contribution in [0.1, 0.15) is 24.5 Å². The van der Waals surface area contributed by atoms with E-state index in [9.17, 15) is 4.39 Å². The topological polar surface area (TPSA) is 48.1 Å². The first-order valence-electron chi connectivity index (χ1n) is 6.72. The van der Waals surface area contributed by atoms with E-state index >= 15 is 0 Å². The van der Waals surface area contributed by atoms with E-state index in [1.807, 2.05) is 13.0 Å². The van der Waals surface area contributed by atoms with Crippen LogP contribution in [0.3, 0.4) is 0 Å². The van der Waals surface area contributed by atoms with Gasteiger partial charge in [0.05, 0.1) is 6.20 Å². The molecule has 2 rings (SSSR count). The number of nitrogens with zero attached hydrogens (tertiary/aromatic N) is 1. The summed E-state index contributed by atoms with van der Waals surface area (Å²) in [5.74, 6) is 1.00. The van der Waals surface area contributed by atoms with E-state index in [-0.39, 0.29) is 11.9 Å². The highest BCUT2D eigenvalue weighted by molar-refractivity contribution is 5.37. The van der Waals surface area contributed by atoms with Crippen LogP contribution in [0, 0.1) is 12.7 Å². The van der Waals surface area contributed by atoms with Crippen molar-refractivity contribution in [2.45, 2.75) is 32.7 Å². The van der Waals surface area contributed by atoms with E-state index in [2.05, 4.69) is 11.9 Å². The van der Waals surface area contributed by atoms with Gasteiger partial charge >= 0.3 is 0 Å². The van der Waals surface area contributed by atoms with E-state index in [0.717, 1.165) is 24.0 Å². The lowest BCUT2D eigenvalue weighted by atomic mass is 10.1. The summed E-state index contributed by atoms with van der Waals surface area (Å²) in [4.78, 5) is 4.16. The molecule has 0 aliphatic carbocycles. The summed E-state index contributed by atoms with van der Waals surface area (Å²) in [6.07, 6.45) is 5.12. The summed E-state index contributed by atoms with van der Waals surface area (Å²) < 4.78 is 18.8. The summed E-state index contributed by atoms with van der Waals surface area (Å²) in [6, 6.07) is 6.49. The Labute approximate surface area is 118 Å². The van der Waals surface area contributed by atoms with Crippen LogP contribution in [-0.4, -0.2) is 11.0 Å². The highest BCUT2D eigenvalue weighted by Gasteiger charge is 2.06. The zero-order valence-electron chi connectivity index (χ0n) is 11.8. The zero-order chi connectivity index (χ0) is 14.5. The van der Waals surface area contributed by atoms with E-state index in [1.165, 1.54) is 12.1 Å². The Morgan fingerprint density at radius 3 is 2.80 bits per heavy atom. The van der Waals surface area contributed by atoms with Gasteiger partial charge in [-0.15, -0.1) is 0 Å². The summed E-state index contributed by atoms with van der Waals surface area (Å²) >= 11 is 0. The van der Waals surface area contributed by atoms with Gasteiger partial charge < -0.3 is 10.5 Å². The second kappa shape index (κ2) is 6.48. The molecule has 2 aromatic rings. The van der Waals surface area contributed by atoms with Crippen molar-refractivity contribution in [2.75, 3.05) is 0 Å². The van der Waals surface area contributed by atoms with Gasteiger partial charge in [-0.05, 0) is 55.2 Å². The largest absolute Gasteiger partial charge is 0.455 e. The Kier molecular flexibility index (Phi) is 4.69. The SMILES string of the molecule is CCC(N)Cc1cncc(Oc2ccc(F)cc2C)c1. The molecule has 0 radical (unpaired) electrons. The van der Waals surface area contributed by atoms with Crippen molar-refractivity contribution in [3.63, 3.8) is 0 Å². The first kappa shape index (κ1) is 14.5. The highest BCUT2D eigenvalue weighted by Crippen LogP contribution is 2.25. The smallest absolute Gasteiger partial charge is 0.145 e. The minimum atomic E-state index is -0.268. The van der Waals surface area contributed by atoms with Gasteiger partial charge in [0.15, 0.2) is 0 Å². The lowest BCUT2D eigenvalue weighted by molar-refractivity contribution is 0.473. The van der Waals surface area contributed by atoms with Gasteiger partial charge in [0.25, 0.3) is 0 Å². The molecule has 4 heteroatoms. The standard InChI is InChI=1S/C16H19FN2O/c1-3-14(18)7-12-8-15(10-19-9-12)20-16-5-4-13(17)6-11(16)2/h4-6,8-10,14H,3,7,18H2,1-2H3. The number of pyridine rings is 1. The Bertz CT molecular complexity index is 586. The Morgan fingerprint density at radius 1 is 1.30 bits per heavy atom. The highest BCUT2D eigenvalue weighted by atomic mass is 19.1. The van der Waals surface area contributed by atoms with Crippen LogP contribution in [0.2, 0.25) is 0 Å². The molecule has 0 aliphatic heterocycles. The molecular weight excluding hydrogens is 255 g/mol. The molecule has 2 N–H and O–H groups in total. The number of aromatic nitrogens is 1. The predicted octanol–water partition coefficient (Wildman–Crippen LogP) is 3.60. The van der Waals surface area contributed by atoms with Crippen molar-refractivity contribution in [1.82, 2.24) is 4.98 Å². The van der Waals surface area contributed by atoms with Crippen molar-refractivity contribution < 1.29 is 9.13 Å². The average Bonchev–Trinajstić information content (AvgIpc) is 2.42. The van der Waals surface area contributed by atoms with Crippen LogP contribution >= 0.6 is 0 Å². The first-order chi connectivity index (χ1) is 9.58. The first-order valence-corrected chi connectivity index (χ1v) is 6.72. The number of hydrogen-bond donors (Lipinski definition) is 1. The van der Waals surface area contributed by atoms with E-state index in [4.69, 9.17) is 10.5 Å². The quantitative estimate of drug-likeness (QED) is 0.906. The molecule has 1 aromatic heterocycles. The van der Waals surface area contributed by atoms with Gasteiger partial charge in [0.1, 0.15) is 17.3 Å². The third kappa shape index (κ3) is 3.78. The number of rotatable bonds is 5. The average molecular weight is 274 g/mol. The summed E-state index contributed by atoms with van der Waals surface area (Å²) in [5, 5.41) is 0. The van der Waals surface area contributed by atoms with Crippen molar-refractivity contribution in [1.29, 1.82) is 0 Å². The zero-order valence-corrected chi connectivity index (χ0v) is 11.8. The fourth-order valence-electron chi connectivity index (χ4n) is 1.93. The third-order valence-electron chi connectivity index (χ3n) is 3.16. The van der Waals surface area contributed by atoms with Crippen LogP contribution in [-0.2, 0) is 6.42 Å². The van der Waals surface area contributed by atoms with Crippen LogP contribution in [0.15, 0.2) is 36.7 Å². The molecule has 0 aliphatic rings. The van der Waals surface area contributed by atoms with Gasteiger partial charge in [0.2, 0.25) is 0 Å². The molecule has 106 valence electrons. The minimum Gasteiger partial charge on any atom is -0.455 e. The van der Waals surface area contributed by atoms with Gasteiger partial charge in [-0.2, -0.15) is 0 Å². The van der Waals surface area contributed by atoms with Gasteiger partial charge in [-0.3, -0.25) is 4.98 Å². The van der Waals surface area contributed by atoms with E-state index < -0.39 is 0 Å². The van der Waals surface area contributed by atoms with Crippen molar-refractivity contribution in [3.05, 3.63) is 53.6 Å². The maximum absolute atomic E-state index is 13.1. The van der Waals surface area contributed by atoms with E-state index in [0.29, 0.717) is 11.5 Å². The van der Waals surface area contributed by atoms with E-state index in [1.54, 1.807) is 18.5 Å². The Morgan fingerprint density at radius 2 is 2.10 bits per heavy atom. The second-order valence-electron chi connectivity index (χ2n) is 4.91. The van der Waals surface area contributed by atoms with Crippen LogP contribution < -0.4 is 10.5 Å². The summed E-state index contributed by atoms with van der Waals surface area (Å²) in [7, 11) is 0.